The Morgan fingerprint density at radius 2 is 1.87 bits per heavy atom. The summed E-state index contributed by atoms with van der Waals surface area (Å²) in [7, 11) is 1.55. The quantitative estimate of drug-likeness (QED) is 0.266. The van der Waals surface area contributed by atoms with Gasteiger partial charge in [0.05, 0.1) is 38.3 Å². The number of benzene rings is 2. The number of halogens is 4. The van der Waals surface area contributed by atoms with Crippen LogP contribution in [-0.2, 0) is 9.53 Å². The maximum Gasteiger partial charge on any atom is 0.490 e. The molecule has 0 saturated carbocycles. The van der Waals surface area contributed by atoms with Gasteiger partial charge in [0, 0.05) is 36.6 Å². The summed E-state index contributed by atoms with van der Waals surface area (Å²) >= 11 is 1.45. The van der Waals surface area contributed by atoms with E-state index >= 15 is 0 Å². The van der Waals surface area contributed by atoms with Gasteiger partial charge in [0.25, 0.3) is 0 Å². The van der Waals surface area contributed by atoms with Crippen LogP contribution >= 0.6 is 11.3 Å². The zero-order valence-electron chi connectivity index (χ0n) is 20.5. The number of aliphatic carboxylic acids is 1. The predicted octanol–water partition coefficient (Wildman–Crippen LogP) is 5.44. The number of carboxylic acids is 1. The standard InChI is InChI=1S/C23H26FN3O3S.C2HF3O2/c1-28-22-8-5-18(24)15-20(22)25-23-26-21(16-31-23)17-3-6-19(7-4-17)30-12-2-9-27-10-13-29-14-11-27;3-2(4,5)1(6)7/h3-8,15-16H,2,9-14H2,1H3,(H,25,26);(H,6,7). The van der Waals surface area contributed by atoms with E-state index in [-0.39, 0.29) is 5.82 Å². The average molecular weight is 558 g/mol. The van der Waals surface area contributed by atoms with Gasteiger partial charge in [-0.05, 0) is 42.8 Å². The molecule has 0 aliphatic carbocycles. The number of anilines is 2. The summed E-state index contributed by atoms with van der Waals surface area (Å²) in [5.41, 5.74) is 2.39. The smallest absolute Gasteiger partial charge is 0.490 e. The van der Waals surface area contributed by atoms with Crippen LogP contribution in [0.15, 0.2) is 47.8 Å². The van der Waals surface area contributed by atoms with Crippen molar-refractivity contribution in [3.63, 3.8) is 0 Å². The first kappa shape index (κ1) is 29.1. The molecule has 206 valence electrons. The molecule has 38 heavy (non-hydrogen) atoms. The lowest BCUT2D eigenvalue weighted by molar-refractivity contribution is -0.192. The molecule has 1 aliphatic heterocycles. The second-order valence-electron chi connectivity index (χ2n) is 7.99. The van der Waals surface area contributed by atoms with E-state index in [1.54, 1.807) is 13.2 Å². The van der Waals surface area contributed by atoms with E-state index in [1.165, 1.54) is 23.5 Å². The fourth-order valence-electron chi connectivity index (χ4n) is 3.38. The normalized spacial score (nSPS) is 13.8. The first-order chi connectivity index (χ1) is 18.2. The molecule has 2 heterocycles. The van der Waals surface area contributed by atoms with Crippen LogP contribution in [0.1, 0.15) is 6.42 Å². The number of aromatic nitrogens is 1. The van der Waals surface area contributed by atoms with Gasteiger partial charge >= 0.3 is 12.1 Å². The Balaban J connectivity index is 0.000000505. The molecule has 1 fully saturated rings. The van der Waals surface area contributed by atoms with Crippen LogP contribution in [0, 0.1) is 5.82 Å². The van der Waals surface area contributed by atoms with Crippen LogP contribution in [0.2, 0.25) is 0 Å². The first-order valence-electron chi connectivity index (χ1n) is 11.5. The summed E-state index contributed by atoms with van der Waals surface area (Å²) in [5.74, 6) is -1.68. The Labute approximate surface area is 220 Å². The van der Waals surface area contributed by atoms with Gasteiger partial charge < -0.3 is 24.6 Å². The summed E-state index contributed by atoms with van der Waals surface area (Å²) in [5, 5.41) is 12.9. The minimum atomic E-state index is -5.08. The van der Waals surface area contributed by atoms with E-state index in [0.29, 0.717) is 23.2 Å². The summed E-state index contributed by atoms with van der Waals surface area (Å²) in [6, 6.07) is 12.3. The van der Waals surface area contributed by atoms with Crippen molar-refractivity contribution in [3.05, 3.63) is 53.7 Å². The summed E-state index contributed by atoms with van der Waals surface area (Å²) in [6.45, 7) is 5.39. The van der Waals surface area contributed by atoms with Crippen molar-refractivity contribution in [1.29, 1.82) is 0 Å². The van der Waals surface area contributed by atoms with E-state index in [4.69, 9.17) is 24.1 Å². The molecule has 0 unspecified atom stereocenters. The highest BCUT2D eigenvalue weighted by atomic mass is 32.1. The number of morpholine rings is 1. The molecule has 1 aromatic heterocycles. The lowest BCUT2D eigenvalue weighted by Crippen LogP contribution is -2.37. The molecule has 1 saturated heterocycles. The Bertz CT molecular complexity index is 1170. The molecule has 0 radical (unpaired) electrons. The Hall–Kier alpha value is -3.42. The number of carbonyl (C=O) groups is 1. The Morgan fingerprint density at radius 3 is 2.50 bits per heavy atom. The summed E-state index contributed by atoms with van der Waals surface area (Å²) in [4.78, 5) is 15.9. The van der Waals surface area contributed by atoms with Crippen LogP contribution in [0.25, 0.3) is 11.3 Å². The molecule has 13 heteroatoms. The molecule has 1 aliphatic rings. The molecular formula is C25H27F4N3O5S. The predicted molar refractivity (Wildman–Crippen MR) is 135 cm³/mol. The number of carboxylic acid groups (broad SMARTS) is 1. The largest absolute Gasteiger partial charge is 0.495 e. The lowest BCUT2D eigenvalue weighted by atomic mass is 10.2. The van der Waals surface area contributed by atoms with Gasteiger partial charge in [-0.15, -0.1) is 11.3 Å². The van der Waals surface area contributed by atoms with Crippen molar-refractivity contribution in [2.45, 2.75) is 12.6 Å². The number of ether oxygens (including phenoxy) is 3. The van der Waals surface area contributed by atoms with Gasteiger partial charge in [0.1, 0.15) is 17.3 Å². The first-order valence-corrected chi connectivity index (χ1v) is 12.4. The third-order valence-corrected chi connectivity index (χ3v) is 6.05. The van der Waals surface area contributed by atoms with E-state index in [0.717, 1.165) is 56.3 Å². The zero-order valence-corrected chi connectivity index (χ0v) is 21.3. The molecule has 0 atom stereocenters. The van der Waals surface area contributed by atoms with Gasteiger partial charge in [-0.25, -0.2) is 14.2 Å². The minimum Gasteiger partial charge on any atom is -0.495 e. The lowest BCUT2D eigenvalue weighted by Gasteiger charge is -2.26. The van der Waals surface area contributed by atoms with Gasteiger partial charge in [0.2, 0.25) is 0 Å². The number of nitrogens with zero attached hydrogens (tertiary/aromatic N) is 2. The number of alkyl halides is 3. The van der Waals surface area contributed by atoms with E-state index in [9.17, 15) is 17.6 Å². The number of hydrogen-bond acceptors (Lipinski definition) is 8. The number of nitrogens with one attached hydrogen (secondary N) is 1. The number of thiazole rings is 1. The van der Waals surface area contributed by atoms with Gasteiger partial charge in [-0.2, -0.15) is 13.2 Å². The molecule has 0 amide bonds. The second-order valence-corrected chi connectivity index (χ2v) is 8.85. The number of methoxy groups -OCH3 is 1. The molecule has 3 aromatic rings. The monoisotopic (exact) mass is 557 g/mol. The Morgan fingerprint density at radius 1 is 1.18 bits per heavy atom. The summed E-state index contributed by atoms with van der Waals surface area (Å²) in [6.07, 6.45) is -4.09. The van der Waals surface area contributed by atoms with Crippen molar-refractivity contribution >= 4 is 28.1 Å². The van der Waals surface area contributed by atoms with Crippen LogP contribution in [0.5, 0.6) is 11.5 Å². The zero-order chi connectivity index (χ0) is 27.5. The maximum atomic E-state index is 13.6. The van der Waals surface area contributed by atoms with Gasteiger partial charge in [-0.3, -0.25) is 4.90 Å². The Kier molecular flexibility index (Phi) is 10.7. The molecule has 8 nitrogen and oxygen atoms in total. The second kappa shape index (κ2) is 13.9. The highest BCUT2D eigenvalue weighted by Crippen LogP contribution is 2.32. The highest BCUT2D eigenvalue weighted by molar-refractivity contribution is 7.14. The van der Waals surface area contributed by atoms with E-state index < -0.39 is 12.1 Å². The van der Waals surface area contributed by atoms with Crippen molar-refractivity contribution in [1.82, 2.24) is 9.88 Å². The fourth-order valence-corrected chi connectivity index (χ4v) is 4.11. The van der Waals surface area contributed by atoms with Crippen LogP contribution in [0.3, 0.4) is 0 Å². The third-order valence-electron chi connectivity index (χ3n) is 5.29. The minimum absolute atomic E-state index is 0.333. The summed E-state index contributed by atoms with van der Waals surface area (Å²) < 4.78 is 61.8. The van der Waals surface area contributed by atoms with Gasteiger partial charge in [-0.1, -0.05) is 0 Å². The van der Waals surface area contributed by atoms with E-state index in [2.05, 4.69) is 15.2 Å². The van der Waals surface area contributed by atoms with Crippen molar-refractivity contribution < 1.29 is 41.7 Å². The van der Waals surface area contributed by atoms with Crippen LogP contribution < -0.4 is 14.8 Å². The molecule has 2 N–H and O–H groups in total. The molecule has 2 aromatic carbocycles. The highest BCUT2D eigenvalue weighted by Gasteiger charge is 2.38. The molecule has 0 bridgehead atoms. The number of rotatable bonds is 9. The topological polar surface area (TPSA) is 93.1 Å². The van der Waals surface area contributed by atoms with Crippen LogP contribution in [-0.4, -0.2) is 73.7 Å². The fraction of sp³-hybridized carbons (Fsp3) is 0.360. The van der Waals surface area contributed by atoms with Crippen molar-refractivity contribution in [2.75, 3.05) is 51.9 Å². The van der Waals surface area contributed by atoms with Crippen molar-refractivity contribution in [2.24, 2.45) is 0 Å². The number of hydrogen-bond donors (Lipinski definition) is 2. The molecule has 0 spiro atoms. The van der Waals surface area contributed by atoms with E-state index in [1.807, 2.05) is 29.6 Å². The van der Waals surface area contributed by atoms with Crippen molar-refractivity contribution in [3.8, 4) is 22.8 Å². The molecular weight excluding hydrogens is 530 g/mol. The van der Waals surface area contributed by atoms with Crippen LogP contribution in [0.4, 0.5) is 28.4 Å². The SMILES string of the molecule is COc1ccc(F)cc1Nc1nc(-c2ccc(OCCCN3CCOCC3)cc2)cs1.O=C(O)C(F)(F)F. The maximum absolute atomic E-state index is 13.6. The van der Waals surface area contributed by atoms with Gasteiger partial charge in [0.15, 0.2) is 5.13 Å². The molecule has 4 rings (SSSR count). The third kappa shape index (κ3) is 9.15. The average Bonchev–Trinajstić information content (AvgIpc) is 3.36.